The zero-order valence-electron chi connectivity index (χ0n) is 10.7. The standard InChI is InChI=1S/C12H18N2O4S/c1-9-2-3-11(16)14(6-9)5-4-13-10(15)7-19-8-12(17)18/h2-3,6,11,16H,4-5,7-8H2,1H3,(H,13,15)(H,17,18). The van der Waals surface area contributed by atoms with E-state index in [9.17, 15) is 14.7 Å². The molecule has 106 valence electrons. The predicted octanol–water partition coefficient (Wildman–Crippen LogP) is 0.0144. The van der Waals surface area contributed by atoms with Gasteiger partial charge in [-0.2, -0.15) is 0 Å². The second-order valence-electron chi connectivity index (χ2n) is 4.12. The molecule has 1 aliphatic heterocycles. The average Bonchev–Trinajstić information content (AvgIpc) is 2.33. The molecule has 1 atom stereocenters. The molecular weight excluding hydrogens is 268 g/mol. The second-order valence-corrected chi connectivity index (χ2v) is 5.11. The van der Waals surface area contributed by atoms with E-state index in [0.29, 0.717) is 13.1 Å². The van der Waals surface area contributed by atoms with Crippen LogP contribution in [0.2, 0.25) is 0 Å². The van der Waals surface area contributed by atoms with Gasteiger partial charge >= 0.3 is 5.97 Å². The fraction of sp³-hybridized carbons (Fsp3) is 0.500. The van der Waals surface area contributed by atoms with E-state index in [-0.39, 0.29) is 17.4 Å². The lowest BCUT2D eigenvalue weighted by Crippen LogP contribution is -2.38. The summed E-state index contributed by atoms with van der Waals surface area (Å²) in [5.41, 5.74) is 1.04. The number of aliphatic carboxylic acids is 1. The van der Waals surface area contributed by atoms with Crippen LogP contribution in [0, 0.1) is 0 Å². The largest absolute Gasteiger partial charge is 0.481 e. The predicted molar refractivity (Wildman–Crippen MR) is 73.6 cm³/mol. The number of aliphatic hydroxyl groups excluding tert-OH is 1. The lowest BCUT2D eigenvalue weighted by Gasteiger charge is -2.27. The maximum Gasteiger partial charge on any atom is 0.313 e. The molecule has 0 bridgehead atoms. The molecule has 1 amide bonds. The van der Waals surface area contributed by atoms with E-state index in [1.165, 1.54) is 0 Å². The third-order valence-corrected chi connectivity index (χ3v) is 3.31. The van der Waals surface area contributed by atoms with Gasteiger partial charge in [0.15, 0.2) is 0 Å². The van der Waals surface area contributed by atoms with Crippen LogP contribution in [0.4, 0.5) is 0 Å². The van der Waals surface area contributed by atoms with Crippen molar-refractivity contribution in [3.8, 4) is 0 Å². The van der Waals surface area contributed by atoms with Crippen LogP contribution in [0.5, 0.6) is 0 Å². The molecule has 0 radical (unpaired) electrons. The number of carbonyl (C=O) groups excluding carboxylic acids is 1. The minimum atomic E-state index is -0.929. The fourth-order valence-corrected chi connectivity index (χ4v) is 2.10. The van der Waals surface area contributed by atoms with Gasteiger partial charge in [-0.15, -0.1) is 11.8 Å². The lowest BCUT2D eigenvalue weighted by molar-refractivity contribution is -0.133. The first kappa shape index (κ1) is 15.6. The molecule has 0 aromatic rings. The Morgan fingerprint density at radius 1 is 1.47 bits per heavy atom. The first-order chi connectivity index (χ1) is 8.99. The van der Waals surface area contributed by atoms with Crippen molar-refractivity contribution in [2.24, 2.45) is 0 Å². The Morgan fingerprint density at radius 2 is 2.21 bits per heavy atom. The monoisotopic (exact) mass is 286 g/mol. The molecule has 19 heavy (non-hydrogen) atoms. The molecule has 6 nitrogen and oxygen atoms in total. The van der Waals surface area contributed by atoms with E-state index < -0.39 is 12.2 Å². The van der Waals surface area contributed by atoms with Crippen LogP contribution < -0.4 is 5.32 Å². The Hall–Kier alpha value is -1.47. The molecule has 1 rings (SSSR count). The minimum Gasteiger partial charge on any atom is -0.481 e. The number of carboxylic acids is 1. The summed E-state index contributed by atoms with van der Waals surface area (Å²) < 4.78 is 0. The van der Waals surface area contributed by atoms with Crippen molar-refractivity contribution in [2.75, 3.05) is 24.6 Å². The Labute approximate surface area is 116 Å². The number of rotatable bonds is 7. The molecule has 7 heteroatoms. The van der Waals surface area contributed by atoms with E-state index >= 15 is 0 Å². The molecule has 1 unspecified atom stereocenters. The van der Waals surface area contributed by atoms with Crippen LogP contribution >= 0.6 is 11.8 Å². The third kappa shape index (κ3) is 6.30. The van der Waals surface area contributed by atoms with Gasteiger partial charge in [0.25, 0.3) is 0 Å². The van der Waals surface area contributed by atoms with Gasteiger partial charge < -0.3 is 20.4 Å². The molecular formula is C12H18N2O4S. The summed E-state index contributed by atoms with van der Waals surface area (Å²) in [6, 6.07) is 0. The molecule has 3 N–H and O–H groups in total. The topological polar surface area (TPSA) is 89.9 Å². The molecule has 0 aliphatic carbocycles. The van der Waals surface area contributed by atoms with Gasteiger partial charge in [0.1, 0.15) is 6.23 Å². The number of allylic oxidation sites excluding steroid dienone is 2. The molecule has 0 spiro atoms. The number of carbonyl (C=O) groups is 2. The molecule has 1 aliphatic rings. The molecule has 0 fully saturated rings. The van der Waals surface area contributed by atoms with Crippen molar-refractivity contribution in [1.82, 2.24) is 10.2 Å². The highest BCUT2D eigenvalue weighted by Gasteiger charge is 2.12. The first-order valence-electron chi connectivity index (χ1n) is 5.85. The number of hydrogen-bond donors (Lipinski definition) is 3. The van der Waals surface area contributed by atoms with Gasteiger partial charge in [-0.25, -0.2) is 0 Å². The molecule has 0 aromatic heterocycles. The number of amides is 1. The Balaban J connectivity index is 2.18. The van der Waals surface area contributed by atoms with Crippen LogP contribution in [0.25, 0.3) is 0 Å². The van der Waals surface area contributed by atoms with Crippen molar-refractivity contribution < 1.29 is 19.8 Å². The van der Waals surface area contributed by atoms with Crippen LogP contribution in [-0.2, 0) is 9.59 Å². The van der Waals surface area contributed by atoms with E-state index in [1.807, 2.05) is 19.2 Å². The highest BCUT2D eigenvalue weighted by molar-refractivity contribution is 8.00. The summed E-state index contributed by atoms with van der Waals surface area (Å²) in [5.74, 6) is -1.08. The summed E-state index contributed by atoms with van der Waals surface area (Å²) in [4.78, 5) is 23.4. The number of hydrogen-bond acceptors (Lipinski definition) is 5. The van der Waals surface area contributed by atoms with Crippen LogP contribution in [-0.4, -0.2) is 57.8 Å². The Morgan fingerprint density at radius 3 is 2.89 bits per heavy atom. The van der Waals surface area contributed by atoms with Crippen molar-refractivity contribution >= 4 is 23.6 Å². The van der Waals surface area contributed by atoms with Crippen molar-refractivity contribution in [3.63, 3.8) is 0 Å². The van der Waals surface area contributed by atoms with E-state index in [0.717, 1.165) is 17.3 Å². The quantitative estimate of drug-likeness (QED) is 0.611. The number of nitrogens with zero attached hydrogens (tertiary/aromatic N) is 1. The maximum atomic E-state index is 11.4. The molecule has 1 heterocycles. The number of nitrogens with one attached hydrogen (secondary N) is 1. The smallest absolute Gasteiger partial charge is 0.313 e. The van der Waals surface area contributed by atoms with Crippen LogP contribution in [0.15, 0.2) is 23.9 Å². The van der Waals surface area contributed by atoms with Crippen LogP contribution in [0.1, 0.15) is 6.92 Å². The summed E-state index contributed by atoms with van der Waals surface area (Å²) in [6.07, 6.45) is 4.68. The summed E-state index contributed by atoms with van der Waals surface area (Å²) in [6.45, 7) is 2.83. The summed E-state index contributed by atoms with van der Waals surface area (Å²) in [5, 5.41) is 20.8. The van der Waals surface area contributed by atoms with Gasteiger partial charge in [0.05, 0.1) is 11.5 Å². The van der Waals surface area contributed by atoms with Crippen molar-refractivity contribution in [1.29, 1.82) is 0 Å². The highest BCUT2D eigenvalue weighted by atomic mass is 32.2. The van der Waals surface area contributed by atoms with Crippen molar-refractivity contribution in [2.45, 2.75) is 13.2 Å². The minimum absolute atomic E-state index is 0.0784. The zero-order valence-corrected chi connectivity index (χ0v) is 11.5. The molecule has 0 aromatic carbocycles. The fourth-order valence-electron chi connectivity index (χ4n) is 1.53. The van der Waals surface area contributed by atoms with Gasteiger partial charge in [-0.3, -0.25) is 9.59 Å². The number of carboxylic acid groups (broad SMARTS) is 1. The first-order valence-corrected chi connectivity index (χ1v) is 7.01. The Bertz CT molecular complexity index is 395. The zero-order chi connectivity index (χ0) is 14.3. The summed E-state index contributed by atoms with van der Waals surface area (Å²) >= 11 is 1.06. The van der Waals surface area contributed by atoms with Crippen LogP contribution in [0.3, 0.4) is 0 Å². The highest BCUT2D eigenvalue weighted by Crippen LogP contribution is 2.10. The SMILES string of the molecule is CC1=CN(CCNC(=O)CSCC(=O)O)C(O)C=C1. The van der Waals surface area contributed by atoms with E-state index in [2.05, 4.69) is 5.32 Å². The van der Waals surface area contributed by atoms with Gasteiger partial charge in [-0.05, 0) is 18.6 Å². The number of aliphatic hydroxyl groups is 1. The van der Waals surface area contributed by atoms with Gasteiger partial charge in [0.2, 0.25) is 5.91 Å². The molecule has 0 saturated carbocycles. The second kappa shape index (κ2) is 7.85. The normalized spacial score (nSPS) is 18.1. The van der Waals surface area contributed by atoms with E-state index in [1.54, 1.807) is 11.0 Å². The molecule has 0 saturated heterocycles. The average molecular weight is 286 g/mol. The number of thioether (sulfide) groups is 1. The lowest BCUT2D eigenvalue weighted by atomic mass is 10.2. The van der Waals surface area contributed by atoms with E-state index in [4.69, 9.17) is 5.11 Å². The van der Waals surface area contributed by atoms with Gasteiger partial charge in [-0.1, -0.05) is 6.08 Å². The van der Waals surface area contributed by atoms with Gasteiger partial charge in [0, 0.05) is 19.3 Å². The maximum absolute atomic E-state index is 11.4. The Kier molecular flexibility index (Phi) is 6.44. The van der Waals surface area contributed by atoms with Crippen molar-refractivity contribution in [3.05, 3.63) is 23.9 Å². The third-order valence-electron chi connectivity index (χ3n) is 2.39. The summed E-state index contributed by atoms with van der Waals surface area (Å²) in [7, 11) is 0.